The largest absolute Gasteiger partial charge is 0.478 e. The molecule has 0 bridgehead atoms. The van der Waals surface area contributed by atoms with Crippen LogP contribution in [-0.4, -0.2) is 22.2 Å². The van der Waals surface area contributed by atoms with Gasteiger partial charge in [0.1, 0.15) is 0 Å². The first-order valence-corrected chi connectivity index (χ1v) is 27.6. The molecule has 0 aliphatic rings. The number of carbonyl (C=O) groups is 2. The molecular weight excluding hydrogens is 761 g/mol. The molecule has 0 radical (unpaired) electrons. The van der Waals surface area contributed by atoms with Crippen LogP contribution in [0.2, 0.25) is 0 Å². The van der Waals surface area contributed by atoms with Gasteiger partial charge in [-0.1, -0.05) is 339 Å². The van der Waals surface area contributed by atoms with Crippen molar-refractivity contribution in [1.29, 1.82) is 0 Å². The van der Waals surface area contributed by atoms with Crippen LogP contribution in [0.4, 0.5) is 0 Å². The number of rotatable bonds is 37. The van der Waals surface area contributed by atoms with Gasteiger partial charge in [0.25, 0.3) is 0 Å². The molecule has 0 aromatic carbocycles. The van der Waals surface area contributed by atoms with Crippen molar-refractivity contribution in [2.24, 2.45) is 0 Å². The van der Waals surface area contributed by atoms with Crippen LogP contribution in [0, 0.1) is 0 Å². The van der Waals surface area contributed by atoms with E-state index in [4.69, 9.17) is 10.2 Å². The van der Waals surface area contributed by atoms with E-state index in [1.165, 1.54) is 271 Å². The molecule has 0 aliphatic heterocycles. The standard InChI is InChI=1S/5C10H22.2C4H6O2/c5*1-3-5-7-9-10-8-6-4-2;2*1-3(2)4(5)6/h5*3-10H2,1-2H3;2*1H2,2H3,(H,5,6). The van der Waals surface area contributed by atoms with Crippen LogP contribution in [0.25, 0.3) is 0 Å². The lowest BCUT2D eigenvalue weighted by atomic mass is 10.1. The van der Waals surface area contributed by atoms with E-state index in [1.54, 1.807) is 0 Å². The Bertz CT molecular complexity index is 593. The summed E-state index contributed by atoms with van der Waals surface area (Å²) >= 11 is 0. The van der Waals surface area contributed by atoms with Gasteiger partial charge in [-0.05, 0) is 13.8 Å². The molecule has 0 saturated heterocycles. The van der Waals surface area contributed by atoms with Crippen molar-refractivity contribution >= 4 is 11.9 Å². The lowest BCUT2D eigenvalue weighted by Crippen LogP contribution is -1.92. The third-order valence-corrected chi connectivity index (χ3v) is 10.5. The van der Waals surface area contributed by atoms with Crippen molar-refractivity contribution in [1.82, 2.24) is 0 Å². The van der Waals surface area contributed by atoms with Gasteiger partial charge >= 0.3 is 11.9 Å². The van der Waals surface area contributed by atoms with Crippen molar-refractivity contribution in [2.75, 3.05) is 0 Å². The van der Waals surface area contributed by atoms with Crippen molar-refractivity contribution < 1.29 is 19.8 Å². The van der Waals surface area contributed by atoms with Crippen LogP contribution >= 0.6 is 0 Å². The Balaban J connectivity index is -0.000000115. The number of unbranched alkanes of at least 4 members (excludes halogenated alkanes) is 35. The molecule has 0 amide bonds. The van der Waals surface area contributed by atoms with Crippen molar-refractivity contribution in [2.45, 2.75) is 340 Å². The summed E-state index contributed by atoms with van der Waals surface area (Å²) in [7, 11) is 0. The van der Waals surface area contributed by atoms with Gasteiger partial charge in [0, 0.05) is 11.1 Å². The van der Waals surface area contributed by atoms with Crippen LogP contribution < -0.4 is 0 Å². The summed E-state index contributed by atoms with van der Waals surface area (Å²) in [6, 6.07) is 0. The summed E-state index contributed by atoms with van der Waals surface area (Å²) < 4.78 is 0. The summed E-state index contributed by atoms with van der Waals surface area (Å²) in [5, 5.41) is 15.8. The molecule has 4 nitrogen and oxygen atoms in total. The number of aliphatic carboxylic acids is 2. The van der Waals surface area contributed by atoms with Gasteiger partial charge in [0.2, 0.25) is 0 Å². The van der Waals surface area contributed by atoms with E-state index < -0.39 is 11.9 Å². The van der Waals surface area contributed by atoms with Gasteiger partial charge in [-0.15, -0.1) is 0 Å². The van der Waals surface area contributed by atoms with E-state index in [1.807, 2.05) is 0 Å². The zero-order valence-electron chi connectivity index (χ0n) is 45.4. The van der Waals surface area contributed by atoms with E-state index in [0.29, 0.717) is 0 Å². The predicted molar refractivity (Wildman–Crippen MR) is 286 cm³/mol. The molecule has 0 aromatic rings. The second-order valence-electron chi connectivity index (χ2n) is 17.8. The minimum atomic E-state index is -0.935. The average molecular weight is 884 g/mol. The second kappa shape index (κ2) is 79.8. The minimum absolute atomic E-state index is 0.176. The van der Waals surface area contributed by atoms with Crippen LogP contribution in [-0.2, 0) is 9.59 Å². The third kappa shape index (κ3) is 112. The Kier molecular flexibility index (Phi) is 96.2. The summed E-state index contributed by atoms with van der Waals surface area (Å²) in [5.41, 5.74) is 0.352. The molecule has 0 fully saturated rings. The van der Waals surface area contributed by atoms with Gasteiger partial charge in [0.15, 0.2) is 0 Å². The summed E-state index contributed by atoms with van der Waals surface area (Å²) in [6.45, 7) is 31.9. The molecule has 378 valence electrons. The van der Waals surface area contributed by atoms with Gasteiger partial charge < -0.3 is 10.2 Å². The van der Waals surface area contributed by atoms with Gasteiger partial charge in [0.05, 0.1) is 0 Å². The summed E-state index contributed by atoms with van der Waals surface area (Å²) in [4.78, 5) is 19.2. The third-order valence-electron chi connectivity index (χ3n) is 10.5. The quantitative estimate of drug-likeness (QED) is 0.0481. The number of carboxylic acid groups (broad SMARTS) is 2. The molecule has 62 heavy (non-hydrogen) atoms. The van der Waals surface area contributed by atoms with Gasteiger partial charge in [-0.25, -0.2) is 9.59 Å². The Labute approximate surface area is 394 Å². The summed E-state index contributed by atoms with van der Waals surface area (Å²) in [6.07, 6.45) is 57.3. The zero-order chi connectivity index (χ0) is 48.6. The van der Waals surface area contributed by atoms with Crippen molar-refractivity contribution in [3.05, 3.63) is 24.3 Å². The Morgan fingerprint density at radius 2 is 0.306 bits per heavy atom. The Morgan fingerprint density at radius 1 is 0.242 bits per heavy atom. The zero-order valence-corrected chi connectivity index (χ0v) is 45.4. The van der Waals surface area contributed by atoms with Crippen LogP contribution in [0.5, 0.6) is 0 Å². The van der Waals surface area contributed by atoms with Crippen LogP contribution in [0.1, 0.15) is 340 Å². The fourth-order valence-electron chi connectivity index (χ4n) is 6.04. The molecule has 0 spiro atoms. The highest BCUT2D eigenvalue weighted by Crippen LogP contribution is 2.11. The second-order valence-corrected chi connectivity index (χ2v) is 17.8. The Hall–Kier alpha value is -1.58. The lowest BCUT2D eigenvalue weighted by Gasteiger charge is -1.97. The predicted octanol–water partition coefficient (Wildman–Crippen LogP) is 22.0. The summed E-state index contributed by atoms with van der Waals surface area (Å²) in [5.74, 6) is -1.87. The minimum Gasteiger partial charge on any atom is -0.478 e. The van der Waals surface area contributed by atoms with E-state index in [9.17, 15) is 9.59 Å². The molecular formula is C58H122O4. The van der Waals surface area contributed by atoms with Crippen LogP contribution in [0.15, 0.2) is 24.3 Å². The van der Waals surface area contributed by atoms with Gasteiger partial charge in [-0.2, -0.15) is 0 Å². The van der Waals surface area contributed by atoms with E-state index in [0.717, 1.165) is 0 Å². The molecule has 0 aromatic heterocycles. The molecule has 4 heteroatoms. The molecule has 0 atom stereocenters. The normalized spacial score (nSPS) is 9.68. The van der Waals surface area contributed by atoms with Crippen LogP contribution in [0.3, 0.4) is 0 Å². The first-order chi connectivity index (χ1) is 29.9. The molecule has 0 rings (SSSR count). The number of carboxylic acids is 2. The van der Waals surface area contributed by atoms with E-state index >= 15 is 0 Å². The maximum absolute atomic E-state index is 9.60. The molecule has 0 saturated carbocycles. The highest BCUT2D eigenvalue weighted by Gasteiger charge is 1.93. The fraction of sp³-hybridized carbons (Fsp3) is 0.897. The SMILES string of the molecule is C=C(C)C(=O)O.C=C(C)C(=O)O.CCCCCCCCCC.CCCCCCCCCC.CCCCCCCCCC.CCCCCCCCCC.CCCCCCCCCC. The van der Waals surface area contributed by atoms with Crippen molar-refractivity contribution in [3.63, 3.8) is 0 Å². The molecule has 0 aliphatic carbocycles. The van der Waals surface area contributed by atoms with E-state index in [2.05, 4.69) is 82.4 Å². The number of hydrogen-bond acceptors (Lipinski definition) is 2. The topological polar surface area (TPSA) is 74.6 Å². The molecule has 2 N–H and O–H groups in total. The van der Waals surface area contributed by atoms with E-state index in [-0.39, 0.29) is 11.1 Å². The fourth-order valence-corrected chi connectivity index (χ4v) is 6.04. The average Bonchev–Trinajstić information content (AvgIpc) is 3.26. The molecule has 0 unspecified atom stereocenters. The maximum Gasteiger partial charge on any atom is 0.330 e. The first-order valence-electron chi connectivity index (χ1n) is 27.6. The highest BCUT2D eigenvalue weighted by molar-refractivity contribution is 5.85. The van der Waals surface area contributed by atoms with Crippen molar-refractivity contribution in [3.8, 4) is 0 Å². The number of hydrogen-bond donors (Lipinski definition) is 2. The first kappa shape index (κ1) is 74.8. The monoisotopic (exact) mass is 883 g/mol. The highest BCUT2D eigenvalue weighted by atomic mass is 16.4. The smallest absolute Gasteiger partial charge is 0.330 e. The lowest BCUT2D eigenvalue weighted by molar-refractivity contribution is -0.133. The van der Waals surface area contributed by atoms with Gasteiger partial charge in [-0.3, -0.25) is 0 Å². The Morgan fingerprint density at radius 3 is 0.355 bits per heavy atom. The molecule has 0 heterocycles. The maximum atomic E-state index is 9.60.